The molecule has 0 aliphatic carbocycles. The lowest BCUT2D eigenvalue weighted by Gasteiger charge is -2.43. The molecule has 0 saturated carbocycles. The van der Waals surface area contributed by atoms with Crippen LogP contribution in [0.25, 0.3) is 22.2 Å². The Morgan fingerprint density at radius 2 is 2.06 bits per heavy atom. The Hall–Kier alpha value is -3.49. The second kappa shape index (κ2) is 10.8. The second-order valence-corrected chi connectivity index (χ2v) is 13.8. The van der Waals surface area contributed by atoms with Crippen molar-refractivity contribution >= 4 is 34.1 Å². The number of fused-ring (bicyclic) bond motifs is 6. The predicted molar refractivity (Wildman–Crippen MR) is 166 cm³/mol. The van der Waals surface area contributed by atoms with Crippen LogP contribution < -0.4 is 25.4 Å². The number of alkyl halides is 3. The van der Waals surface area contributed by atoms with E-state index in [9.17, 15) is 17.6 Å². The third kappa shape index (κ3) is 4.72. The Labute approximate surface area is 272 Å². The number of benzene rings is 1. The molecule has 47 heavy (non-hydrogen) atoms. The van der Waals surface area contributed by atoms with E-state index in [0.717, 1.165) is 38.3 Å². The minimum Gasteiger partial charge on any atom is -0.486 e. The van der Waals surface area contributed by atoms with Gasteiger partial charge in [0.25, 0.3) is 0 Å². The van der Waals surface area contributed by atoms with Gasteiger partial charge in [0, 0.05) is 25.2 Å². The number of nitrogen functional groups attached to an aromatic ring is 1. The number of hydrogen-bond donors (Lipinski definition) is 2. The van der Waals surface area contributed by atoms with E-state index in [1.54, 1.807) is 0 Å². The number of nitrogens with two attached hydrogens (primary N) is 1. The van der Waals surface area contributed by atoms with Crippen LogP contribution >= 0.6 is 11.6 Å². The van der Waals surface area contributed by atoms with Gasteiger partial charge in [-0.2, -0.15) is 23.1 Å². The van der Waals surface area contributed by atoms with Crippen LogP contribution in [0.3, 0.4) is 0 Å². The van der Waals surface area contributed by atoms with Gasteiger partial charge in [0.2, 0.25) is 0 Å². The normalized spacial score (nSPS) is 29.3. The van der Waals surface area contributed by atoms with Crippen LogP contribution in [-0.2, 0) is 6.18 Å². The fraction of sp³-hybridized carbons (Fsp3) is 0.531. The summed E-state index contributed by atoms with van der Waals surface area (Å²) in [6.07, 6.45) is -0.778. The topological polar surface area (TPSA) is 102 Å². The molecule has 3 aromatic rings. The molecule has 0 amide bonds. The first kappa shape index (κ1) is 30.8. The monoisotopic (exact) mass is 677 g/mol. The number of halogens is 6. The number of anilines is 2. The third-order valence-electron chi connectivity index (χ3n) is 10.5. The lowest BCUT2D eigenvalue weighted by Crippen LogP contribution is -2.62. The van der Waals surface area contributed by atoms with E-state index in [1.165, 1.54) is 6.92 Å². The van der Waals surface area contributed by atoms with Crippen molar-refractivity contribution in [2.75, 3.05) is 36.9 Å². The molecule has 9 nitrogen and oxygen atoms in total. The number of hydrogen-bond acceptors (Lipinski definition) is 9. The minimum atomic E-state index is -4.90. The zero-order valence-corrected chi connectivity index (χ0v) is 26.5. The highest BCUT2D eigenvalue weighted by molar-refractivity contribution is 6.36. The number of rotatable bonds is 4. The molecule has 5 atom stereocenters. The van der Waals surface area contributed by atoms with Gasteiger partial charge in [-0.05, 0) is 69.7 Å². The molecule has 7 heterocycles. The van der Waals surface area contributed by atoms with Crippen molar-refractivity contribution < 1.29 is 31.4 Å². The number of pyridine rings is 1. The summed E-state index contributed by atoms with van der Waals surface area (Å²) in [5.41, 5.74) is 3.05. The summed E-state index contributed by atoms with van der Waals surface area (Å²) in [5, 5.41) is 3.40. The number of nitrogens with zero attached hydrogens (tertiary/aromatic N) is 5. The summed E-state index contributed by atoms with van der Waals surface area (Å²) in [6, 6.07) is 0.877. The quantitative estimate of drug-likeness (QED) is 0.324. The van der Waals surface area contributed by atoms with E-state index < -0.39 is 40.5 Å². The maximum atomic E-state index is 17.0. The number of aromatic nitrogens is 3. The molecule has 1 aromatic carbocycles. The van der Waals surface area contributed by atoms with Gasteiger partial charge < -0.3 is 25.4 Å². The van der Waals surface area contributed by atoms with Crippen LogP contribution in [0, 0.1) is 12.7 Å². The van der Waals surface area contributed by atoms with E-state index in [-0.39, 0.29) is 63.8 Å². The average molecular weight is 678 g/mol. The largest absolute Gasteiger partial charge is 0.486 e. The maximum Gasteiger partial charge on any atom is 0.418 e. The fourth-order valence-corrected chi connectivity index (χ4v) is 8.93. The number of aryl methyl sites for hydroxylation is 1. The van der Waals surface area contributed by atoms with E-state index >= 15 is 4.39 Å². The first-order chi connectivity index (χ1) is 22.4. The molecule has 8 rings (SSSR count). The van der Waals surface area contributed by atoms with Crippen molar-refractivity contribution in [2.24, 2.45) is 0 Å². The maximum absolute atomic E-state index is 17.0. The molecular formula is C32H33ClF5N7O2. The minimum absolute atomic E-state index is 0.0264. The second-order valence-electron chi connectivity index (χ2n) is 13.5. The zero-order valence-electron chi connectivity index (χ0n) is 25.7. The van der Waals surface area contributed by atoms with E-state index in [1.807, 2.05) is 6.92 Å². The van der Waals surface area contributed by atoms with Crippen molar-refractivity contribution in [3.63, 3.8) is 0 Å². The van der Waals surface area contributed by atoms with Gasteiger partial charge in [0.1, 0.15) is 29.9 Å². The van der Waals surface area contributed by atoms with Crippen LogP contribution in [0.15, 0.2) is 18.0 Å². The Morgan fingerprint density at radius 3 is 2.83 bits per heavy atom. The Bertz CT molecular complexity index is 1840. The van der Waals surface area contributed by atoms with Crippen LogP contribution in [0.1, 0.15) is 50.2 Å². The summed E-state index contributed by atoms with van der Waals surface area (Å²) in [6.45, 7) is 5.04. The molecule has 3 N–H and O–H groups in total. The van der Waals surface area contributed by atoms with Gasteiger partial charge in [0.05, 0.1) is 45.1 Å². The molecular weight excluding hydrogens is 645 g/mol. The van der Waals surface area contributed by atoms with Gasteiger partial charge in [0.15, 0.2) is 11.6 Å². The predicted octanol–water partition coefficient (Wildman–Crippen LogP) is 5.95. The van der Waals surface area contributed by atoms with Crippen molar-refractivity contribution in [3.8, 4) is 23.0 Å². The molecule has 5 aliphatic heterocycles. The van der Waals surface area contributed by atoms with Crippen molar-refractivity contribution in [2.45, 2.75) is 81.9 Å². The highest BCUT2D eigenvalue weighted by Gasteiger charge is 2.49. The number of piperazine rings is 1. The molecule has 0 unspecified atom stereocenters. The van der Waals surface area contributed by atoms with E-state index in [2.05, 4.69) is 25.1 Å². The molecule has 4 fully saturated rings. The van der Waals surface area contributed by atoms with Gasteiger partial charge in [-0.25, -0.2) is 13.8 Å². The highest BCUT2D eigenvalue weighted by Crippen LogP contribution is 2.52. The SMILES string of the molecule is Cc1cc(N)nc(-c2c(Cl)c3c4c(nc(OC[C@@]56CCCN5C/C(=C\F)C6)nc4c2F)N2C[C@H]4CC[C@H](N4)[C@H]2[C@H](C)O3)c1C(F)(F)F. The number of ether oxygens (including phenoxy) is 2. The van der Waals surface area contributed by atoms with Gasteiger partial charge in [-0.1, -0.05) is 11.6 Å². The van der Waals surface area contributed by atoms with Crippen LogP contribution in [-0.4, -0.2) is 75.9 Å². The van der Waals surface area contributed by atoms with Crippen LogP contribution in [0.2, 0.25) is 5.02 Å². The van der Waals surface area contributed by atoms with E-state index in [0.29, 0.717) is 37.2 Å². The molecule has 4 saturated heterocycles. The summed E-state index contributed by atoms with van der Waals surface area (Å²) < 4.78 is 86.7. The van der Waals surface area contributed by atoms with Gasteiger partial charge in [-0.15, -0.1) is 0 Å². The Balaban J connectivity index is 1.35. The van der Waals surface area contributed by atoms with Crippen molar-refractivity contribution in [1.82, 2.24) is 25.2 Å². The molecule has 0 radical (unpaired) electrons. The molecule has 2 bridgehead atoms. The Morgan fingerprint density at radius 1 is 1.26 bits per heavy atom. The zero-order chi connectivity index (χ0) is 33.0. The van der Waals surface area contributed by atoms with Gasteiger partial charge >= 0.3 is 12.2 Å². The standard InChI is InChI=1S/C32H33ClF5N7O2/c1-14-8-19(39)41-25(22(14)32(36,37)38)20-23(33)28-21-26(24(20)35)42-30(46-13-31-6-3-7-44(31)11-16(9-31)10-34)43-29(21)45-12-17-4-5-18(40-17)27(45)15(2)47-28/h8,10,15,17-18,27,40H,3-7,9,11-13H2,1-2H3,(H2,39,41)/b16-10-/t15-,17+,18-,27+,31-/m0/s1. The van der Waals surface area contributed by atoms with Crippen molar-refractivity contribution in [3.05, 3.63) is 39.9 Å². The number of nitrogens with one attached hydrogen (secondary N) is 1. The van der Waals surface area contributed by atoms with E-state index in [4.69, 9.17) is 31.8 Å². The third-order valence-corrected chi connectivity index (χ3v) is 10.9. The molecule has 15 heteroatoms. The lowest BCUT2D eigenvalue weighted by molar-refractivity contribution is -0.137. The smallest absolute Gasteiger partial charge is 0.418 e. The Kier molecular flexibility index (Phi) is 7.06. The van der Waals surface area contributed by atoms with Crippen molar-refractivity contribution in [1.29, 1.82) is 0 Å². The average Bonchev–Trinajstić information content (AvgIpc) is 3.66. The first-order valence-electron chi connectivity index (χ1n) is 15.8. The highest BCUT2D eigenvalue weighted by atomic mass is 35.5. The molecule has 2 aromatic heterocycles. The summed E-state index contributed by atoms with van der Waals surface area (Å²) in [4.78, 5) is 17.5. The summed E-state index contributed by atoms with van der Waals surface area (Å²) in [5.74, 6) is -1.04. The first-order valence-corrected chi connectivity index (χ1v) is 16.2. The molecule has 0 spiro atoms. The lowest BCUT2D eigenvalue weighted by atomic mass is 9.94. The summed E-state index contributed by atoms with van der Waals surface area (Å²) >= 11 is 6.87. The van der Waals surface area contributed by atoms with Crippen LogP contribution in [0.5, 0.6) is 11.8 Å². The van der Waals surface area contributed by atoms with Crippen LogP contribution in [0.4, 0.5) is 33.6 Å². The fourth-order valence-electron chi connectivity index (χ4n) is 8.62. The summed E-state index contributed by atoms with van der Waals surface area (Å²) in [7, 11) is 0. The molecule has 5 aliphatic rings. The van der Waals surface area contributed by atoms with Gasteiger partial charge in [-0.3, -0.25) is 4.90 Å². The molecule has 250 valence electrons.